The van der Waals surface area contributed by atoms with Crippen LogP contribution in [0.5, 0.6) is 0 Å². The lowest BCUT2D eigenvalue weighted by Crippen LogP contribution is -2.23. The molecule has 1 aliphatic heterocycles. The lowest BCUT2D eigenvalue weighted by atomic mass is 10.0. The molecule has 1 heterocycles. The molecular weight excluding hydrogens is 164 g/mol. The third-order valence-corrected chi connectivity index (χ3v) is 2.45. The normalized spacial score (nSPS) is 27.8. The van der Waals surface area contributed by atoms with Gasteiger partial charge in [0.1, 0.15) is 0 Å². The van der Waals surface area contributed by atoms with E-state index >= 15 is 0 Å². The first-order valence-corrected chi connectivity index (χ1v) is 4.70. The molecule has 70 valence electrons. The summed E-state index contributed by atoms with van der Waals surface area (Å²) in [6.45, 7) is 0.693. The molecular formula is C11H14O2. The van der Waals surface area contributed by atoms with Crippen molar-refractivity contribution in [1.29, 1.82) is 0 Å². The first kappa shape index (κ1) is 8.73. The van der Waals surface area contributed by atoms with Crippen LogP contribution < -0.4 is 0 Å². The average Bonchev–Trinajstić information content (AvgIpc) is 2.54. The van der Waals surface area contributed by atoms with Crippen molar-refractivity contribution in [3.05, 3.63) is 35.9 Å². The van der Waals surface area contributed by atoms with Crippen LogP contribution in [-0.4, -0.2) is 23.9 Å². The summed E-state index contributed by atoms with van der Waals surface area (Å²) in [6, 6.07) is 10.1. The molecule has 2 nitrogen and oxygen atoms in total. The minimum atomic E-state index is -0.278. The van der Waals surface area contributed by atoms with Gasteiger partial charge in [-0.15, -0.1) is 0 Å². The summed E-state index contributed by atoms with van der Waals surface area (Å²) in [5.41, 5.74) is 1.23. The maximum absolute atomic E-state index is 9.53. The number of rotatable bonds is 2. The molecule has 1 aromatic rings. The van der Waals surface area contributed by atoms with Gasteiger partial charge in [-0.2, -0.15) is 0 Å². The highest BCUT2D eigenvalue weighted by Gasteiger charge is 2.25. The van der Waals surface area contributed by atoms with Crippen molar-refractivity contribution >= 4 is 0 Å². The zero-order valence-corrected chi connectivity index (χ0v) is 7.52. The lowest BCUT2D eigenvalue weighted by Gasteiger charge is -2.13. The molecule has 0 spiro atoms. The van der Waals surface area contributed by atoms with Crippen molar-refractivity contribution in [2.75, 3.05) is 6.61 Å². The molecule has 2 atom stereocenters. The molecule has 0 aromatic heterocycles. The summed E-state index contributed by atoms with van der Waals surface area (Å²) in [7, 11) is 0. The van der Waals surface area contributed by atoms with Gasteiger partial charge in [0.25, 0.3) is 0 Å². The molecule has 13 heavy (non-hydrogen) atoms. The molecule has 1 aromatic carbocycles. The Kier molecular flexibility index (Phi) is 2.62. The summed E-state index contributed by atoms with van der Waals surface area (Å²) in [5, 5.41) is 9.53. The zero-order valence-electron chi connectivity index (χ0n) is 7.52. The van der Waals surface area contributed by atoms with E-state index in [-0.39, 0.29) is 12.2 Å². The second-order valence-electron chi connectivity index (χ2n) is 3.45. The van der Waals surface area contributed by atoms with E-state index < -0.39 is 0 Å². The molecule has 2 rings (SSSR count). The highest BCUT2D eigenvalue weighted by atomic mass is 16.5. The standard InChI is InChI=1S/C11H14O2/c12-10-6-7-13-11(10)8-9-4-2-1-3-5-9/h1-5,10-12H,6-8H2. The molecule has 2 unspecified atom stereocenters. The monoisotopic (exact) mass is 178 g/mol. The van der Waals surface area contributed by atoms with E-state index in [9.17, 15) is 5.11 Å². The van der Waals surface area contributed by atoms with E-state index in [1.165, 1.54) is 5.56 Å². The Labute approximate surface area is 78.2 Å². The maximum atomic E-state index is 9.53. The van der Waals surface area contributed by atoms with Gasteiger partial charge in [0.05, 0.1) is 12.2 Å². The van der Waals surface area contributed by atoms with Gasteiger partial charge in [-0.25, -0.2) is 0 Å². The minimum Gasteiger partial charge on any atom is -0.390 e. The second-order valence-corrected chi connectivity index (χ2v) is 3.45. The predicted molar refractivity (Wildman–Crippen MR) is 50.5 cm³/mol. The molecule has 1 aliphatic rings. The van der Waals surface area contributed by atoms with Crippen LogP contribution >= 0.6 is 0 Å². The SMILES string of the molecule is OC1CCOC1Cc1ccccc1. The minimum absolute atomic E-state index is 0.00222. The van der Waals surface area contributed by atoms with Gasteiger partial charge in [0.15, 0.2) is 0 Å². The van der Waals surface area contributed by atoms with Crippen LogP contribution in [0.15, 0.2) is 30.3 Å². The van der Waals surface area contributed by atoms with E-state index in [0.717, 1.165) is 12.8 Å². The summed E-state index contributed by atoms with van der Waals surface area (Å²) in [4.78, 5) is 0. The first-order chi connectivity index (χ1) is 6.36. The smallest absolute Gasteiger partial charge is 0.0874 e. The Morgan fingerprint density at radius 1 is 1.31 bits per heavy atom. The molecule has 2 heteroatoms. The summed E-state index contributed by atoms with van der Waals surface area (Å²) < 4.78 is 5.42. The molecule has 1 saturated heterocycles. The molecule has 0 bridgehead atoms. The number of aliphatic hydroxyl groups is 1. The van der Waals surface area contributed by atoms with E-state index in [1.54, 1.807) is 0 Å². The van der Waals surface area contributed by atoms with Crippen LogP contribution in [0, 0.1) is 0 Å². The van der Waals surface area contributed by atoms with Crippen LogP contribution in [0.4, 0.5) is 0 Å². The van der Waals surface area contributed by atoms with Gasteiger partial charge >= 0.3 is 0 Å². The Hall–Kier alpha value is -0.860. The second kappa shape index (κ2) is 3.90. The van der Waals surface area contributed by atoms with Gasteiger partial charge in [-0.1, -0.05) is 30.3 Å². The number of aliphatic hydroxyl groups excluding tert-OH is 1. The first-order valence-electron chi connectivity index (χ1n) is 4.70. The van der Waals surface area contributed by atoms with Crippen molar-refractivity contribution in [2.45, 2.75) is 25.0 Å². The largest absolute Gasteiger partial charge is 0.390 e. The Balaban J connectivity index is 1.98. The fraction of sp³-hybridized carbons (Fsp3) is 0.455. The average molecular weight is 178 g/mol. The Bertz CT molecular complexity index is 258. The number of ether oxygens (including phenoxy) is 1. The number of hydrogen-bond donors (Lipinski definition) is 1. The van der Waals surface area contributed by atoms with Crippen LogP contribution in [0.2, 0.25) is 0 Å². The Morgan fingerprint density at radius 2 is 2.08 bits per heavy atom. The molecule has 0 saturated carbocycles. The highest BCUT2D eigenvalue weighted by Crippen LogP contribution is 2.17. The highest BCUT2D eigenvalue weighted by molar-refractivity contribution is 5.16. The van der Waals surface area contributed by atoms with Crippen LogP contribution in [0.1, 0.15) is 12.0 Å². The van der Waals surface area contributed by atoms with E-state index in [1.807, 2.05) is 18.2 Å². The Morgan fingerprint density at radius 3 is 2.69 bits per heavy atom. The van der Waals surface area contributed by atoms with E-state index in [0.29, 0.717) is 6.61 Å². The fourth-order valence-electron chi connectivity index (χ4n) is 1.68. The number of hydrogen-bond acceptors (Lipinski definition) is 2. The van der Waals surface area contributed by atoms with E-state index in [2.05, 4.69) is 12.1 Å². The van der Waals surface area contributed by atoms with Crippen molar-refractivity contribution in [2.24, 2.45) is 0 Å². The van der Waals surface area contributed by atoms with Gasteiger partial charge in [0.2, 0.25) is 0 Å². The summed E-state index contributed by atoms with van der Waals surface area (Å²) >= 11 is 0. The zero-order chi connectivity index (χ0) is 9.10. The molecule has 0 amide bonds. The van der Waals surface area contributed by atoms with Crippen molar-refractivity contribution in [3.63, 3.8) is 0 Å². The van der Waals surface area contributed by atoms with Crippen LogP contribution in [-0.2, 0) is 11.2 Å². The topological polar surface area (TPSA) is 29.5 Å². The van der Waals surface area contributed by atoms with Crippen LogP contribution in [0.25, 0.3) is 0 Å². The third-order valence-electron chi connectivity index (χ3n) is 2.45. The quantitative estimate of drug-likeness (QED) is 0.741. The molecule has 1 fully saturated rings. The summed E-state index contributed by atoms with van der Waals surface area (Å²) in [6.07, 6.45) is 1.32. The van der Waals surface area contributed by atoms with Crippen LogP contribution in [0.3, 0.4) is 0 Å². The van der Waals surface area contributed by atoms with Gasteiger partial charge in [-0.3, -0.25) is 0 Å². The molecule has 1 N–H and O–H groups in total. The molecule has 0 aliphatic carbocycles. The van der Waals surface area contributed by atoms with Gasteiger partial charge < -0.3 is 9.84 Å². The van der Waals surface area contributed by atoms with Crippen molar-refractivity contribution < 1.29 is 9.84 Å². The summed E-state index contributed by atoms with van der Waals surface area (Å²) in [5.74, 6) is 0. The maximum Gasteiger partial charge on any atom is 0.0874 e. The van der Waals surface area contributed by atoms with Gasteiger partial charge in [-0.05, 0) is 12.0 Å². The van der Waals surface area contributed by atoms with Crippen molar-refractivity contribution in [3.8, 4) is 0 Å². The van der Waals surface area contributed by atoms with Crippen molar-refractivity contribution in [1.82, 2.24) is 0 Å². The lowest BCUT2D eigenvalue weighted by molar-refractivity contribution is 0.0430. The number of benzene rings is 1. The third kappa shape index (κ3) is 2.08. The molecule has 0 radical (unpaired) electrons. The van der Waals surface area contributed by atoms with Gasteiger partial charge in [0, 0.05) is 13.0 Å². The fourth-order valence-corrected chi connectivity index (χ4v) is 1.68. The predicted octanol–water partition coefficient (Wildman–Crippen LogP) is 1.38. The van der Waals surface area contributed by atoms with E-state index in [4.69, 9.17) is 4.74 Å².